The van der Waals surface area contributed by atoms with Crippen LogP contribution in [-0.4, -0.2) is 26.0 Å². The lowest BCUT2D eigenvalue weighted by Gasteiger charge is -2.25. The summed E-state index contributed by atoms with van der Waals surface area (Å²) < 4.78 is 10.5. The van der Waals surface area contributed by atoms with E-state index in [-0.39, 0.29) is 17.4 Å². The van der Waals surface area contributed by atoms with Crippen molar-refractivity contribution in [2.24, 2.45) is 5.73 Å². The number of primary amides is 1. The number of methoxy groups -OCH3 is 2. The summed E-state index contributed by atoms with van der Waals surface area (Å²) in [6, 6.07) is 11.0. The van der Waals surface area contributed by atoms with Crippen LogP contribution in [0.3, 0.4) is 0 Å². The first kappa shape index (κ1) is 17.8. The number of benzene rings is 2. The summed E-state index contributed by atoms with van der Waals surface area (Å²) in [6.07, 6.45) is 2.69. The summed E-state index contributed by atoms with van der Waals surface area (Å²) in [5, 5.41) is 2.85. The minimum absolute atomic E-state index is 0.160. The summed E-state index contributed by atoms with van der Waals surface area (Å²) in [7, 11) is 2.96. The molecule has 2 aromatic carbocycles. The van der Waals surface area contributed by atoms with E-state index in [1.807, 2.05) is 18.2 Å². The van der Waals surface area contributed by atoms with Gasteiger partial charge >= 0.3 is 0 Å². The number of ether oxygens (including phenoxy) is 2. The van der Waals surface area contributed by atoms with Crippen LogP contribution in [0.4, 0.5) is 5.69 Å². The number of aryl methyl sites for hydroxylation is 1. The van der Waals surface area contributed by atoms with E-state index in [0.717, 1.165) is 24.8 Å². The first-order valence-corrected chi connectivity index (χ1v) is 8.49. The number of hydrogen-bond acceptors (Lipinski definition) is 4. The lowest BCUT2D eigenvalue weighted by molar-refractivity contribution is -0.117. The van der Waals surface area contributed by atoms with Gasteiger partial charge in [-0.2, -0.15) is 0 Å². The van der Waals surface area contributed by atoms with Gasteiger partial charge < -0.3 is 20.5 Å². The van der Waals surface area contributed by atoms with E-state index in [1.165, 1.54) is 25.8 Å². The Labute approximate surface area is 152 Å². The Bertz CT molecular complexity index is 848. The van der Waals surface area contributed by atoms with Crippen LogP contribution in [0.15, 0.2) is 36.4 Å². The zero-order chi connectivity index (χ0) is 18.7. The van der Waals surface area contributed by atoms with Gasteiger partial charge in [0.1, 0.15) is 0 Å². The SMILES string of the molecule is COc1cc(NC(=O)C2CCCc3ccccc32)c(C(N)=O)cc1OC. The number of rotatable bonds is 5. The highest BCUT2D eigenvalue weighted by molar-refractivity contribution is 6.05. The van der Waals surface area contributed by atoms with Crippen LogP contribution in [0, 0.1) is 0 Å². The smallest absolute Gasteiger partial charge is 0.250 e. The lowest BCUT2D eigenvalue weighted by atomic mass is 9.82. The Morgan fingerprint density at radius 1 is 1.12 bits per heavy atom. The molecule has 1 aliphatic carbocycles. The molecule has 0 fully saturated rings. The molecule has 1 atom stereocenters. The number of nitrogens with one attached hydrogen (secondary N) is 1. The maximum atomic E-state index is 12.9. The zero-order valence-electron chi connectivity index (χ0n) is 14.9. The van der Waals surface area contributed by atoms with Gasteiger partial charge in [0.2, 0.25) is 5.91 Å². The largest absolute Gasteiger partial charge is 0.493 e. The molecule has 0 saturated carbocycles. The van der Waals surface area contributed by atoms with Gasteiger partial charge in [0, 0.05) is 6.07 Å². The molecule has 6 heteroatoms. The molecule has 136 valence electrons. The average Bonchev–Trinajstić information content (AvgIpc) is 2.66. The van der Waals surface area contributed by atoms with E-state index >= 15 is 0 Å². The van der Waals surface area contributed by atoms with Gasteiger partial charge in [-0.15, -0.1) is 0 Å². The van der Waals surface area contributed by atoms with E-state index < -0.39 is 5.91 Å². The van der Waals surface area contributed by atoms with Gasteiger partial charge in [-0.3, -0.25) is 9.59 Å². The lowest BCUT2D eigenvalue weighted by Crippen LogP contribution is -2.26. The van der Waals surface area contributed by atoms with Crippen molar-refractivity contribution in [2.75, 3.05) is 19.5 Å². The van der Waals surface area contributed by atoms with E-state index in [9.17, 15) is 9.59 Å². The molecular formula is C20H22N2O4. The number of hydrogen-bond donors (Lipinski definition) is 2. The number of carbonyl (C=O) groups excluding carboxylic acids is 2. The van der Waals surface area contributed by atoms with Gasteiger partial charge in [0.25, 0.3) is 5.91 Å². The molecule has 1 unspecified atom stereocenters. The number of anilines is 1. The molecule has 3 rings (SSSR count). The first-order chi connectivity index (χ1) is 12.5. The fourth-order valence-corrected chi connectivity index (χ4v) is 3.43. The third kappa shape index (κ3) is 3.35. The van der Waals surface area contributed by atoms with Crippen molar-refractivity contribution >= 4 is 17.5 Å². The van der Waals surface area contributed by atoms with Crippen LogP contribution in [-0.2, 0) is 11.2 Å². The second kappa shape index (κ2) is 7.47. The van der Waals surface area contributed by atoms with Gasteiger partial charge in [-0.25, -0.2) is 0 Å². The summed E-state index contributed by atoms with van der Waals surface area (Å²) in [6.45, 7) is 0. The molecule has 26 heavy (non-hydrogen) atoms. The summed E-state index contributed by atoms with van der Waals surface area (Å²) in [5.74, 6) is -0.273. The molecule has 1 aliphatic rings. The zero-order valence-corrected chi connectivity index (χ0v) is 14.9. The van der Waals surface area contributed by atoms with Crippen molar-refractivity contribution in [3.05, 3.63) is 53.1 Å². The van der Waals surface area contributed by atoms with Crippen molar-refractivity contribution in [1.29, 1.82) is 0 Å². The van der Waals surface area contributed by atoms with Crippen molar-refractivity contribution in [3.63, 3.8) is 0 Å². The summed E-state index contributed by atoms with van der Waals surface area (Å²) in [5.41, 5.74) is 8.21. The van der Waals surface area contributed by atoms with E-state index in [0.29, 0.717) is 17.2 Å². The minimum atomic E-state index is -0.648. The first-order valence-electron chi connectivity index (χ1n) is 8.49. The molecule has 0 heterocycles. The molecular weight excluding hydrogens is 332 g/mol. The van der Waals surface area contributed by atoms with Crippen LogP contribution in [0.1, 0.15) is 40.2 Å². The van der Waals surface area contributed by atoms with Crippen molar-refractivity contribution < 1.29 is 19.1 Å². The average molecular weight is 354 g/mol. The van der Waals surface area contributed by atoms with E-state index in [2.05, 4.69) is 11.4 Å². The number of nitrogens with two attached hydrogens (primary N) is 1. The molecule has 0 aromatic heterocycles. The Morgan fingerprint density at radius 2 is 1.81 bits per heavy atom. The van der Waals surface area contributed by atoms with Crippen LogP contribution in [0.2, 0.25) is 0 Å². The molecule has 0 spiro atoms. The topological polar surface area (TPSA) is 90.6 Å². The summed E-state index contributed by atoms with van der Waals surface area (Å²) in [4.78, 5) is 24.7. The van der Waals surface area contributed by atoms with Crippen molar-refractivity contribution in [3.8, 4) is 11.5 Å². The van der Waals surface area contributed by atoms with Gasteiger partial charge in [0.05, 0.1) is 31.4 Å². The third-order valence-corrected chi connectivity index (χ3v) is 4.73. The van der Waals surface area contributed by atoms with Gasteiger partial charge in [-0.05, 0) is 36.5 Å². The fraction of sp³-hybridized carbons (Fsp3) is 0.300. The van der Waals surface area contributed by atoms with Crippen LogP contribution in [0.25, 0.3) is 0 Å². The van der Waals surface area contributed by atoms with Crippen LogP contribution < -0.4 is 20.5 Å². The number of amides is 2. The molecule has 0 bridgehead atoms. The third-order valence-electron chi connectivity index (χ3n) is 4.73. The Hall–Kier alpha value is -3.02. The van der Waals surface area contributed by atoms with Gasteiger partial charge in [-0.1, -0.05) is 24.3 Å². The maximum Gasteiger partial charge on any atom is 0.250 e. The predicted molar refractivity (Wildman–Crippen MR) is 98.8 cm³/mol. The molecule has 0 radical (unpaired) electrons. The normalized spacial score (nSPS) is 15.7. The van der Waals surface area contributed by atoms with E-state index in [1.54, 1.807) is 6.07 Å². The minimum Gasteiger partial charge on any atom is -0.493 e. The molecule has 0 saturated heterocycles. The van der Waals surface area contributed by atoms with Crippen molar-refractivity contribution in [1.82, 2.24) is 0 Å². The van der Waals surface area contributed by atoms with Gasteiger partial charge in [0.15, 0.2) is 11.5 Å². The Morgan fingerprint density at radius 3 is 2.50 bits per heavy atom. The summed E-state index contributed by atoms with van der Waals surface area (Å²) >= 11 is 0. The highest BCUT2D eigenvalue weighted by Gasteiger charge is 2.27. The second-order valence-corrected chi connectivity index (χ2v) is 6.25. The highest BCUT2D eigenvalue weighted by Crippen LogP contribution is 2.36. The van der Waals surface area contributed by atoms with Crippen molar-refractivity contribution in [2.45, 2.75) is 25.2 Å². The molecule has 3 N–H and O–H groups in total. The Kier molecular flexibility index (Phi) is 5.11. The van der Waals surface area contributed by atoms with E-state index in [4.69, 9.17) is 15.2 Å². The quantitative estimate of drug-likeness (QED) is 0.864. The fourth-order valence-electron chi connectivity index (χ4n) is 3.43. The second-order valence-electron chi connectivity index (χ2n) is 6.25. The molecule has 2 amide bonds. The monoisotopic (exact) mass is 354 g/mol. The van der Waals surface area contributed by atoms with Crippen LogP contribution >= 0.6 is 0 Å². The van der Waals surface area contributed by atoms with Crippen LogP contribution in [0.5, 0.6) is 11.5 Å². The molecule has 0 aliphatic heterocycles. The predicted octanol–water partition coefficient (Wildman–Crippen LogP) is 2.86. The maximum absolute atomic E-state index is 12.9. The standard InChI is InChI=1S/C20H22N2O4/c1-25-17-10-15(19(21)23)16(11-18(17)26-2)22-20(24)14-9-5-7-12-6-3-4-8-13(12)14/h3-4,6,8,10-11,14H,5,7,9H2,1-2H3,(H2,21,23)(H,22,24). The molecule has 2 aromatic rings. The number of carbonyl (C=O) groups is 2. The number of fused-ring (bicyclic) bond motifs is 1. The molecule has 6 nitrogen and oxygen atoms in total. The highest BCUT2D eigenvalue weighted by atomic mass is 16.5. The Balaban J connectivity index is 1.94.